The van der Waals surface area contributed by atoms with Crippen molar-refractivity contribution in [2.24, 2.45) is 5.92 Å². The van der Waals surface area contributed by atoms with Crippen molar-refractivity contribution in [1.82, 2.24) is 15.0 Å². The van der Waals surface area contributed by atoms with Crippen LogP contribution in [0.25, 0.3) is 0 Å². The molecule has 3 rings (SSSR count). The van der Waals surface area contributed by atoms with Gasteiger partial charge in [-0.2, -0.15) is 0 Å². The zero-order valence-corrected chi connectivity index (χ0v) is 13.8. The summed E-state index contributed by atoms with van der Waals surface area (Å²) in [5.74, 6) is -0.588. The number of hydrogen-bond acceptors (Lipinski definition) is 6. The number of nitrogens with zero attached hydrogens (tertiary/aromatic N) is 2. The summed E-state index contributed by atoms with van der Waals surface area (Å²) >= 11 is 0. The Bertz CT molecular complexity index is 751. The van der Waals surface area contributed by atoms with Crippen molar-refractivity contribution >= 4 is 11.6 Å². The summed E-state index contributed by atoms with van der Waals surface area (Å²) in [4.78, 5) is 23.7. The van der Waals surface area contributed by atoms with Crippen molar-refractivity contribution in [3.63, 3.8) is 0 Å². The predicted molar refractivity (Wildman–Crippen MR) is 89.1 cm³/mol. The highest BCUT2D eigenvalue weighted by molar-refractivity contribution is 6.11. The van der Waals surface area contributed by atoms with Gasteiger partial charge in [-0.1, -0.05) is 6.92 Å². The lowest BCUT2D eigenvalue weighted by atomic mass is 10.1. The van der Waals surface area contributed by atoms with E-state index in [0.717, 1.165) is 12.1 Å². The molecule has 2 heterocycles. The Balaban J connectivity index is 1.83. The van der Waals surface area contributed by atoms with Gasteiger partial charge in [0.2, 0.25) is 0 Å². The van der Waals surface area contributed by atoms with Crippen LogP contribution >= 0.6 is 0 Å². The van der Waals surface area contributed by atoms with E-state index in [1.807, 2.05) is 6.92 Å². The van der Waals surface area contributed by atoms with E-state index in [2.05, 4.69) is 20.3 Å². The fraction of sp³-hybridized carbons (Fsp3) is 0.471. The van der Waals surface area contributed by atoms with Gasteiger partial charge in [-0.05, 0) is 18.9 Å². The summed E-state index contributed by atoms with van der Waals surface area (Å²) in [6.45, 7) is 1.68. The number of H-pyrrole nitrogens is 1. The van der Waals surface area contributed by atoms with Crippen LogP contribution < -0.4 is 5.32 Å². The van der Waals surface area contributed by atoms with Crippen molar-refractivity contribution in [2.45, 2.75) is 38.1 Å². The summed E-state index contributed by atoms with van der Waals surface area (Å²) in [5.41, 5.74) is 1.65. The number of ketones is 1. The highest BCUT2D eigenvalue weighted by Gasteiger charge is 2.43. The Morgan fingerprint density at radius 1 is 1.52 bits per heavy atom. The van der Waals surface area contributed by atoms with Gasteiger partial charge in [0, 0.05) is 36.2 Å². The number of halogens is 1. The lowest BCUT2D eigenvalue weighted by Crippen LogP contribution is -2.32. The number of anilines is 1. The average molecular weight is 348 g/mol. The first-order valence-corrected chi connectivity index (χ1v) is 8.26. The van der Waals surface area contributed by atoms with Gasteiger partial charge in [-0.15, -0.1) is 0 Å². The summed E-state index contributed by atoms with van der Waals surface area (Å²) in [6.07, 6.45) is 2.52. The van der Waals surface area contributed by atoms with Crippen LogP contribution in [0.15, 0.2) is 24.8 Å². The second-order valence-electron chi connectivity index (χ2n) is 6.25. The third-order valence-corrected chi connectivity index (χ3v) is 4.65. The molecule has 1 saturated carbocycles. The largest absolute Gasteiger partial charge is 0.396 e. The zero-order chi connectivity index (χ0) is 18.0. The molecule has 1 aliphatic rings. The fourth-order valence-electron chi connectivity index (χ4n) is 3.13. The molecule has 0 bridgehead atoms. The number of aliphatic hydroxyl groups is 2. The normalized spacial score (nSPS) is 25.9. The quantitative estimate of drug-likeness (QED) is 0.582. The van der Waals surface area contributed by atoms with Crippen molar-refractivity contribution in [3.05, 3.63) is 41.6 Å². The molecule has 0 amide bonds. The summed E-state index contributed by atoms with van der Waals surface area (Å²) in [5, 5.41) is 21.9. The van der Waals surface area contributed by atoms with Gasteiger partial charge < -0.3 is 20.5 Å². The third-order valence-electron chi connectivity index (χ3n) is 4.65. The first-order chi connectivity index (χ1) is 12.0. The number of carbonyl (C=O) groups is 1. The van der Waals surface area contributed by atoms with E-state index >= 15 is 0 Å². The van der Waals surface area contributed by atoms with E-state index in [9.17, 15) is 19.4 Å². The number of aromatic amines is 1. The number of hydrogen-bond donors (Lipinski definition) is 4. The Kier molecular flexibility index (Phi) is 5.10. The first kappa shape index (κ1) is 17.5. The summed E-state index contributed by atoms with van der Waals surface area (Å²) < 4.78 is 14.3. The van der Waals surface area contributed by atoms with E-state index in [4.69, 9.17) is 0 Å². The highest BCUT2D eigenvalue weighted by atomic mass is 19.1. The van der Waals surface area contributed by atoms with Crippen LogP contribution in [0.2, 0.25) is 0 Å². The van der Waals surface area contributed by atoms with Gasteiger partial charge >= 0.3 is 0 Å². The van der Waals surface area contributed by atoms with E-state index in [-0.39, 0.29) is 30.2 Å². The molecule has 1 fully saturated rings. The molecule has 8 heteroatoms. The monoisotopic (exact) mass is 348 g/mol. The van der Waals surface area contributed by atoms with Gasteiger partial charge in [0.25, 0.3) is 0 Å². The minimum absolute atomic E-state index is 0.220. The minimum Gasteiger partial charge on any atom is -0.396 e. The van der Waals surface area contributed by atoms with E-state index < -0.39 is 24.2 Å². The smallest absolute Gasteiger partial charge is 0.199 e. The molecule has 7 nitrogen and oxygen atoms in total. The van der Waals surface area contributed by atoms with Gasteiger partial charge in [-0.25, -0.2) is 14.4 Å². The van der Waals surface area contributed by atoms with Gasteiger partial charge in [-0.3, -0.25) is 4.79 Å². The molecule has 1 aliphatic carbocycles. The average Bonchev–Trinajstić information content (AvgIpc) is 3.22. The molecule has 0 aliphatic heterocycles. The molecule has 4 N–H and O–H groups in total. The van der Waals surface area contributed by atoms with Crippen molar-refractivity contribution < 1.29 is 19.4 Å². The molecule has 0 unspecified atom stereocenters. The molecule has 0 spiro atoms. The minimum atomic E-state index is -1.55. The summed E-state index contributed by atoms with van der Waals surface area (Å²) in [7, 11) is 0. The molecule has 2 aromatic rings. The Labute approximate surface area is 144 Å². The van der Waals surface area contributed by atoms with Crippen LogP contribution in [0.1, 0.15) is 35.0 Å². The number of aromatic nitrogens is 3. The molecule has 25 heavy (non-hydrogen) atoms. The van der Waals surface area contributed by atoms with Crippen LogP contribution in [0.3, 0.4) is 0 Å². The first-order valence-electron chi connectivity index (χ1n) is 8.26. The second kappa shape index (κ2) is 7.28. The molecule has 0 radical (unpaired) electrons. The maximum absolute atomic E-state index is 14.3. The SMILES string of the molecule is CCc1cc(C(=O)c2cncnc2N[C@@H]2C[C@H](CO)[C@@H](O)[C@@H]2F)c[nH]1. The lowest BCUT2D eigenvalue weighted by molar-refractivity contribution is 0.0444. The van der Waals surface area contributed by atoms with Crippen LogP contribution in [0.4, 0.5) is 10.2 Å². The summed E-state index contributed by atoms with van der Waals surface area (Å²) in [6, 6.07) is 1.03. The number of aliphatic hydroxyl groups excluding tert-OH is 2. The predicted octanol–water partition coefficient (Wildman–Crippen LogP) is 1.09. The molecule has 4 atom stereocenters. The topological polar surface area (TPSA) is 111 Å². The van der Waals surface area contributed by atoms with Gasteiger partial charge in [0.1, 0.15) is 18.3 Å². The maximum atomic E-state index is 14.3. The van der Waals surface area contributed by atoms with Crippen LogP contribution in [0, 0.1) is 5.92 Å². The second-order valence-corrected chi connectivity index (χ2v) is 6.25. The Morgan fingerprint density at radius 3 is 2.96 bits per heavy atom. The van der Waals surface area contributed by atoms with E-state index in [1.165, 1.54) is 12.5 Å². The van der Waals surface area contributed by atoms with Crippen molar-refractivity contribution in [3.8, 4) is 0 Å². The Hall–Kier alpha value is -2.32. The number of nitrogens with one attached hydrogen (secondary N) is 2. The van der Waals surface area contributed by atoms with E-state index in [0.29, 0.717) is 5.56 Å². The molecule has 0 aromatic carbocycles. The zero-order valence-electron chi connectivity index (χ0n) is 13.8. The maximum Gasteiger partial charge on any atom is 0.199 e. The van der Waals surface area contributed by atoms with Gasteiger partial charge in [0.05, 0.1) is 17.7 Å². The van der Waals surface area contributed by atoms with Crippen LogP contribution in [0.5, 0.6) is 0 Å². The number of aryl methyl sites for hydroxylation is 1. The lowest BCUT2D eigenvalue weighted by Gasteiger charge is -2.18. The van der Waals surface area contributed by atoms with Crippen LogP contribution in [-0.4, -0.2) is 55.9 Å². The Morgan fingerprint density at radius 2 is 2.32 bits per heavy atom. The molecular formula is C17H21FN4O3. The van der Waals surface area contributed by atoms with Crippen molar-refractivity contribution in [1.29, 1.82) is 0 Å². The standard InChI is InChI=1S/C17H21FN4O3/c1-2-11-3-9(5-20-11)15(24)12-6-19-8-21-17(12)22-13-4-10(7-23)16(25)14(13)18/h3,5-6,8,10,13-14,16,20,23,25H,2,4,7H2,1H3,(H,19,21,22)/t10-,13-,14-,16-/m1/s1. The van der Waals surface area contributed by atoms with Crippen molar-refractivity contribution in [2.75, 3.05) is 11.9 Å². The molecule has 134 valence electrons. The van der Waals surface area contributed by atoms with E-state index in [1.54, 1.807) is 12.3 Å². The number of rotatable bonds is 6. The van der Waals surface area contributed by atoms with Gasteiger partial charge in [0.15, 0.2) is 5.78 Å². The molecular weight excluding hydrogens is 327 g/mol. The highest BCUT2D eigenvalue weighted by Crippen LogP contribution is 2.31. The molecule has 2 aromatic heterocycles. The third kappa shape index (κ3) is 3.40. The fourth-order valence-corrected chi connectivity index (χ4v) is 3.13. The number of alkyl halides is 1. The van der Waals surface area contributed by atoms with Crippen LogP contribution in [-0.2, 0) is 6.42 Å². The number of carbonyl (C=O) groups excluding carboxylic acids is 1. The molecule has 0 saturated heterocycles.